The molecule has 0 fully saturated rings. The molecule has 0 amide bonds. The van der Waals surface area contributed by atoms with Crippen LogP contribution in [0.4, 0.5) is 17.6 Å². The molecule has 0 aliphatic heterocycles. The summed E-state index contributed by atoms with van der Waals surface area (Å²) >= 11 is 0. The molecule has 0 bridgehead atoms. The maximum atomic E-state index is 14.5. The van der Waals surface area contributed by atoms with Gasteiger partial charge in [0.1, 0.15) is 11.6 Å². The van der Waals surface area contributed by atoms with E-state index in [0.29, 0.717) is 17.0 Å². The average molecular weight is 404 g/mol. The molecular weight excluding hydrogens is 380 g/mol. The van der Waals surface area contributed by atoms with E-state index >= 15 is 0 Å². The lowest BCUT2D eigenvalue weighted by atomic mass is 9.80. The Bertz CT molecular complexity index is 888. The van der Waals surface area contributed by atoms with Crippen LogP contribution < -0.4 is 4.74 Å². The van der Waals surface area contributed by atoms with Crippen LogP contribution in [0.1, 0.15) is 61.3 Å². The SMILES string of the molecule is CCCCCC1CCc2cc(C#Cc3ccc(OC(F)(F)F)cc3)c(F)cc2C1. The van der Waals surface area contributed by atoms with Crippen molar-refractivity contribution in [2.24, 2.45) is 5.92 Å². The van der Waals surface area contributed by atoms with Crippen LogP contribution in [0.15, 0.2) is 36.4 Å². The summed E-state index contributed by atoms with van der Waals surface area (Å²) in [6, 6.07) is 8.65. The van der Waals surface area contributed by atoms with Crippen molar-refractivity contribution in [3.05, 3.63) is 64.5 Å². The molecule has 1 aliphatic rings. The fourth-order valence-electron chi connectivity index (χ4n) is 3.76. The first-order chi connectivity index (χ1) is 13.8. The number of hydrogen-bond acceptors (Lipinski definition) is 1. The molecule has 0 aromatic heterocycles. The van der Waals surface area contributed by atoms with Crippen LogP contribution in [0, 0.1) is 23.6 Å². The minimum atomic E-state index is -4.73. The normalized spacial score (nSPS) is 16.0. The van der Waals surface area contributed by atoms with Crippen LogP contribution in [0.25, 0.3) is 0 Å². The highest BCUT2D eigenvalue weighted by Gasteiger charge is 2.30. The third kappa shape index (κ3) is 6.25. The van der Waals surface area contributed by atoms with Gasteiger partial charge >= 0.3 is 6.36 Å². The van der Waals surface area contributed by atoms with Crippen molar-refractivity contribution in [2.45, 2.75) is 58.2 Å². The number of unbranched alkanes of at least 4 members (excludes halogenated alkanes) is 2. The molecule has 0 saturated carbocycles. The Balaban J connectivity index is 1.69. The molecule has 1 nitrogen and oxygen atoms in total. The summed E-state index contributed by atoms with van der Waals surface area (Å²) in [4.78, 5) is 0. The number of rotatable bonds is 5. The summed E-state index contributed by atoms with van der Waals surface area (Å²) in [5.41, 5.74) is 3.04. The van der Waals surface area contributed by atoms with Crippen LogP contribution >= 0.6 is 0 Å². The number of benzene rings is 2. The van der Waals surface area contributed by atoms with Gasteiger partial charge in [-0.3, -0.25) is 0 Å². The van der Waals surface area contributed by atoms with E-state index in [4.69, 9.17) is 0 Å². The van der Waals surface area contributed by atoms with Gasteiger partial charge in [0, 0.05) is 5.56 Å². The first-order valence-corrected chi connectivity index (χ1v) is 10.0. The second-order valence-electron chi connectivity index (χ2n) is 7.53. The van der Waals surface area contributed by atoms with Crippen molar-refractivity contribution in [2.75, 3.05) is 0 Å². The molecular formula is C24H24F4O. The maximum Gasteiger partial charge on any atom is 0.573 e. The molecule has 2 aromatic carbocycles. The molecule has 0 saturated heterocycles. The summed E-state index contributed by atoms with van der Waals surface area (Å²) in [7, 11) is 0. The van der Waals surface area contributed by atoms with Crippen molar-refractivity contribution in [3.8, 4) is 17.6 Å². The van der Waals surface area contributed by atoms with E-state index in [1.54, 1.807) is 6.07 Å². The van der Waals surface area contributed by atoms with E-state index in [9.17, 15) is 17.6 Å². The van der Waals surface area contributed by atoms with Gasteiger partial charge in [-0.15, -0.1) is 13.2 Å². The van der Waals surface area contributed by atoms with Gasteiger partial charge in [0.05, 0.1) is 5.56 Å². The largest absolute Gasteiger partial charge is 0.573 e. The predicted molar refractivity (Wildman–Crippen MR) is 105 cm³/mol. The Morgan fingerprint density at radius 1 is 1.03 bits per heavy atom. The van der Waals surface area contributed by atoms with E-state index in [1.165, 1.54) is 49.9 Å². The number of fused-ring (bicyclic) bond motifs is 1. The lowest BCUT2D eigenvalue weighted by Crippen LogP contribution is -2.16. The molecule has 29 heavy (non-hydrogen) atoms. The zero-order chi connectivity index (χ0) is 20.9. The molecule has 0 heterocycles. The van der Waals surface area contributed by atoms with Gasteiger partial charge in [-0.1, -0.05) is 44.4 Å². The standard InChI is InChI=1S/C24H24F4O/c1-2-3-4-5-18-7-10-19-15-20(23(25)16-21(19)14-18)11-6-17-8-12-22(13-9-17)29-24(26,27)28/h8-9,12-13,15-16,18H,2-5,7,10,14H2,1H3. The number of hydrogen-bond donors (Lipinski definition) is 0. The minimum absolute atomic E-state index is 0.309. The predicted octanol–water partition coefficient (Wildman–Crippen LogP) is 6.81. The van der Waals surface area contributed by atoms with Crippen LogP contribution in [0.3, 0.4) is 0 Å². The van der Waals surface area contributed by atoms with Gasteiger partial charge in [0.25, 0.3) is 0 Å². The smallest absolute Gasteiger partial charge is 0.406 e. The van der Waals surface area contributed by atoms with Crippen LogP contribution in [0.2, 0.25) is 0 Å². The highest BCUT2D eigenvalue weighted by atomic mass is 19.4. The Morgan fingerprint density at radius 2 is 1.79 bits per heavy atom. The summed E-state index contributed by atoms with van der Waals surface area (Å²) in [6.45, 7) is 2.19. The van der Waals surface area contributed by atoms with Crippen LogP contribution in [-0.4, -0.2) is 6.36 Å². The highest BCUT2D eigenvalue weighted by Crippen LogP contribution is 2.30. The molecule has 0 N–H and O–H groups in total. The van der Waals surface area contributed by atoms with E-state index < -0.39 is 6.36 Å². The molecule has 5 heteroatoms. The number of alkyl halides is 3. The second kappa shape index (κ2) is 9.35. The summed E-state index contributed by atoms with van der Waals surface area (Å²) in [5.74, 6) is 5.60. The fraction of sp³-hybridized carbons (Fsp3) is 0.417. The average Bonchev–Trinajstić information content (AvgIpc) is 2.66. The first-order valence-electron chi connectivity index (χ1n) is 10.0. The van der Waals surface area contributed by atoms with Gasteiger partial charge < -0.3 is 4.74 Å². The number of ether oxygens (including phenoxy) is 1. The minimum Gasteiger partial charge on any atom is -0.406 e. The second-order valence-corrected chi connectivity index (χ2v) is 7.53. The zero-order valence-electron chi connectivity index (χ0n) is 16.4. The number of halogens is 4. The van der Waals surface area contributed by atoms with Crippen molar-refractivity contribution >= 4 is 0 Å². The molecule has 1 unspecified atom stereocenters. The summed E-state index contributed by atoms with van der Waals surface area (Å²) in [6.07, 6.45) is 3.13. The molecule has 3 rings (SSSR count). The maximum absolute atomic E-state index is 14.5. The molecule has 1 atom stereocenters. The Hall–Kier alpha value is -2.48. The van der Waals surface area contributed by atoms with Crippen molar-refractivity contribution in [3.63, 3.8) is 0 Å². The zero-order valence-corrected chi connectivity index (χ0v) is 16.4. The highest BCUT2D eigenvalue weighted by molar-refractivity contribution is 5.48. The van der Waals surface area contributed by atoms with Crippen LogP contribution in [0.5, 0.6) is 5.75 Å². The first kappa shape index (κ1) is 21.2. The monoisotopic (exact) mass is 404 g/mol. The molecule has 1 aliphatic carbocycles. The van der Waals surface area contributed by atoms with Gasteiger partial charge in [-0.2, -0.15) is 0 Å². The summed E-state index contributed by atoms with van der Waals surface area (Å²) in [5, 5.41) is 0. The van der Waals surface area contributed by atoms with E-state index in [0.717, 1.165) is 30.4 Å². The topological polar surface area (TPSA) is 9.23 Å². The van der Waals surface area contributed by atoms with E-state index in [2.05, 4.69) is 23.5 Å². The van der Waals surface area contributed by atoms with E-state index in [-0.39, 0.29) is 11.6 Å². The lowest BCUT2D eigenvalue weighted by Gasteiger charge is -2.25. The van der Waals surface area contributed by atoms with Crippen molar-refractivity contribution in [1.82, 2.24) is 0 Å². The van der Waals surface area contributed by atoms with Crippen molar-refractivity contribution in [1.29, 1.82) is 0 Å². The molecule has 0 radical (unpaired) electrons. The molecule has 0 spiro atoms. The molecule has 2 aromatic rings. The van der Waals surface area contributed by atoms with Crippen molar-refractivity contribution < 1.29 is 22.3 Å². The quantitative estimate of drug-likeness (QED) is 0.302. The Morgan fingerprint density at radius 3 is 2.48 bits per heavy atom. The molecule has 154 valence electrons. The fourth-order valence-corrected chi connectivity index (χ4v) is 3.76. The Kier molecular flexibility index (Phi) is 6.84. The third-order valence-corrected chi connectivity index (χ3v) is 5.27. The van der Waals surface area contributed by atoms with Gasteiger partial charge in [-0.05, 0) is 72.7 Å². The van der Waals surface area contributed by atoms with E-state index in [1.807, 2.05) is 6.07 Å². The third-order valence-electron chi connectivity index (χ3n) is 5.27. The lowest BCUT2D eigenvalue weighted by molar-refractivity contribution is -0.274. The Labute approximate surface area is 169 Å². The van der Waals surface area contributed by atoms with Gasteiger partial charge in [0.15, 0.2) is 0 Å². The number of aryl methyl sites for hydroxylation is 1. The van der Waals surface area contributed by atoms with Gasteiger partial charge in [-0.25, -0.2) is 4.39 Å². The summed E-state index contributed by atoms with van der Waals surface area (Å²) < 4.78 is 55.0. The van der Waals surface area contributed by atoms with Gasteiger partial charge in [0.2, 0.25) is 0 Å². The van der Waals surface area contributed by atoms with Crippen LogP contribution in [-0.2, 0) is 12.8 Å².